The van der Waals surface area contributed by atoms with Crippen molar-refractivity contribution >= 4 is 23.1 Å². The SMILES string of the molecule is Cc1cc(NC(=O)CNc2ccc(F)c([N+](=O)[O-])c2)no1. The number of carbonyl (C=O) groups excluding carboxylic acids is 1. The van der Waals surface area contributed by atoms with Crippen molar-refractivity contribution in [2.75, 3.05) is 17.2 Å². The molecule has 2 N–H and O–H groups in total. The summed E-state index contributed by atoms with van der Waals surface area (Å²) in [4.78, 5) is 21.4. The zero-order chi connectivity index (χ0) is 15.4. The number of anilines is 2. The third-order valence-corrected chi connectivity index (χ3v) is 2.49. The molecule has 0 saturated carbocycles. The first-order chi connectivity index (χ1) is 9.95. The quantitative estimate of drug-likeness (QED) is 0.645. The standard InChI is InChI=1S/C12H11FN4O4/c1-7-4-11(16-21-7)15-12(18)6-14-8-2-3-9(13)10(5-8)17(19)20/h2-5,14H,6H2,1H3,(H,15,16,18). The van der Waals surface area contributed by atoms with Gasteiger partial charge in [-0.05, 0) is 19.1 Å². The molecular formula is C12H11FN4O4. The Labute approximate surface area is 118 Å². The highest BCUT2D eigenvalue weighted by molar-refractivity contribution is 5.92. The van der Waals surface area contributed by atoms with Crippen molar-refractivity contribution in [2.24, 2.45) is 0 Å². The van der Waals surface area contributed by atoms with Gasteiger partial charge in [0.2, 0.25) is 11.7 Å². The summed E-state index contributed by atoms with van der Waals surface area (Å²) in [6, 6.07) is 4.82. The van der Waals surface area contributed by atoms with Gasteiger partial charge in [-0.3, -0.25) is 14.9 Å². The highest BCUT2D eigenvalue weighted by atomic mass is 19.1. The molecule has 1 aromatic heterocycles. The van der Waals surface area contributed by atoms with Crippen LogP contribution in [-0.4, -0.2) is 22.5 Å². The molecule has 0 fully saturated rings. The minimum Gasteiger partial charge on any atom is -0.376 e. The topological polar surface area (TPSA) is 110 Å². The monoisotopic (exact) mass is 294 g/mol. The van der Waals surface area contributed by atoms with Crippen LogP contribution in [0.1, 0.15) is 5.76 Å². The molecule has 2 rings (SSSR count). The molecule has 0 atom stereocenters. The van der Waals surface area contributed by atoms with E-state index in [9.17, 15) is 19.3 Å². The number of rotatable bonds is 5. The molecule has 0 bridgehead atoms. The second-order valence-electron chi connectivity index (χ2n) is 4.15. The van der Waals surface area contributed by atoms with E-state index in [4.69, 9.17) is 4.52 Å². The van der Waals surface area contributed by atoms with Crippen LogP contribution in [0.4, 0.5) is 21.6 Å². The number of nitrogens with one attached hydrogen (secondary N) is 2. The molecule has 0 saturated heterocycles. The summed E-state index contributed by atoms with van der Waals surface area (Å²) in [6.45, 7) is 1.52. The predicted octanol–water partition coefficient (Wildman–Crippen LogP) is 2.08. The number of benzene rings is 1. The van der Waals surface area contributed by atoms with Gasteiger partial charge >= 0.3 is 5.69 Å². The average molecular weight is 294 g/mol. The molecule has 1 amide bonds. The van der Waals surface area contributed by atoms with Crippen LogP contribution in [0.5, 0.6) is 0 Å². The fourth-order valence-corrected chi connectivity index (χ4v) is 1.56. The maximum atomic E-state index is 13.1. The van der Waals surface area contributed by atoms with Crippen LogP contribution in [0.2, 0.25) is 0 Å². The van der Waals surface area contributed by atoms with E-state index in [0.717, 1.165) is 12.1 Å². The van der Waals surface area contributed by atoms with E-state index in [1.807, 2.05) is 0 Å². The highest BCUT2D eigenvalue weighted by Crippen LogP contribution is 2.21. The van der Waals surface area contributed by atoms with Crippen LogP contribution in [0.25, 0.3) is 0 Å². The van der Waals surface area contributed by atoms with Crippen molar-refractivity contribution in [2.45, 2.75) is 6.92 Å². The van der Waals surface area contributed by atoms with Crippen molar-refractivity contribution in [1.29, 1.82) is 0 Å². The fourth-order valence-electron chi connectivity index (χ4n) is 1.56. The number of aryl methyl sites for hydroxylation is 1. The van der Waals surface area contributed by atoms with Crippen molar-refractivity contribution < 1.29 is 18.6 Å². The number of carbonyl (C=O) groups is 1. The van der Waals surface area contributed by atoms with Gasteiger partial charge in [0.25, 0.3) is 0 Å². The Hall–Kier alpha value is -2.97. The summed E-state index contributed by atoms with van der Waals surface area (Å²) < 4.78 is 17.9. The zero-order valence-electron chi connectivity index (χ0n) is 10.9. The average Bonchev–Trinajstić information content (AvgIpc) is 2.82. The van der Waals surface area contributed by atoms with Gasteiger partial charge in [0.1, 0.15) is 5.76 Å². The molecular weight excluding hydrogens is 283 g/mol. The Morgan fingerprint density at radius 1 is 1.48 bits per heavy atom. The van der Waals surface area contributed by atoms with E-state index in [-0.39, 0.29) is 18.1 Å². The number of aromatic nitrogens is 1. The van der Waals surface area contributed by atoms with Crippen LogP contribution in [0, 0.1) is 22.9 Å². The third-order valence-electron chi connectivity index (χ3n) is 2.49. The van der Waals surface area contributed by atoms with Crippen molar-refractivity contribution in [1.82, 2.24) is 5.16 Å². The third kappa shape index (κ3) is 3.75. The Bertz CT molecular complexity index is 686. The maximum Gasteiger partial charge on any atom is 0.306 e. The summed E-state index contributed by atoms with van der Waals surface area (Å²) in [5, 5.41) is 19.3. The van der Waals surface area contributed by atoms with Crippen molar-refractivity contribution in [3.8, 4) is 0 Å². The minimum atomic E-state index is -0.937. The fraction of sp³-hybridized carbons (Fsp3) is 0.167. The number of nitro groups is 1. The van der Waals surface area contributed by atoms with Crippen LogP contribution in [0.15, 0.2) is 28.8 Å². The number of nitro benzene ring substituents is 1. The Kier molecular flexibility index (Phi) is 4.12. The van der Waals surface area contributed by atoms with Gasteiger partial charge in [-0.15, -0.1) is 0 Å². The Morgan fingerprint density at radius 2 is 2.24 bits per heavy atom. The molecule has 0 spiro atoms. The molecule has 21 heavy (non-hydrogen) atoms. The van der Waals surface area contributed by atoms with Crippen molar-refractivity contribution in [3.05, 3.63) is 46.0 Å². The number of amides is 1. The van der Waals surface area contributed by atoms with Crippen LogP contribution >= 0.6 is 0 Å². The summed E-state index contributed by atoms with van der Waals surface area (Å²) in [5.41, 5.74) is -0.401. The van der Waals surface area contributed by atoms with Crippen molar-refractivity contribution in [3.63, 3.8) is 0 Å². The largest absolute Gasteiger partial charge is 0.376 e. The van der Waals surface area contributed by atoms with Gasteiger partial charge in [-0.25, -0.2) is 0 Å². The maximum absolute atomic E-state index is 13.1. The van der Waals surface area contributed by atoms with Gasteiger partial charge in [-0.2, -0.15) is 4.39 Å². The normalized spacial score (nSPS) is 10.2. The predicted molar refractivity (Wildman–Crippen MR) is 71.4 cm³/mol. The molecule has 0 aliphatic carbocycles. The lowest BCUT2D eigenvalue weighted by molar-refractivity contribution is -0.387. The molecule has 1 aromatic carbocycles. The molecule has 0 aliphatic heterocycles. The lowest BCUT2D eigenvalue weighted by atomic mass is 10.2. The number of nitrogens with zero attached hydrogens (tertiary/aromatic N) is 2. The molecule has 0 radical (unpaired) electrons. The number of halogens is 1. The number of hydrogen-bond acceptors (Lipinski definition) is 6. The lowest BCUT2D eigenvalue weighted by Gasteiger charge is -2.06. The minimum absolute atomic E-state index is 0.158. The second kappa shape index (κ2) is 5.99. The second-order valence-corrected chi connectivity index (χ2v) is 4.15. The lowest BCUT2D eigenvalue weighted by Crippen LogP contribution is -2.21. The molecule has 0 aliphatic rings. The smallest absolute Gasteiger partial charge is 0.306 e. The molecule has 8 nitrogen and oxygen atoms in total. The van der Waals surface area contributed by atoms with Crippen LogP contribution in [0.3, 0.4) is 0 Å². The van der Waals surface area contributed by atoms with E-state index in [2.05, 4.69) is 15.8 Å². The molecule has 1 heterocycles. The van der Waals surface area contributed by atoms with E-state index in [0.29, 0.717) is 5.76 Å². The van der Waals surface area contributed by atoms with Gasteiger partial charge in [0.05, 0.1) is 11.5 Å². The zero-order valence-corrected chi connectivity index (χ0v) is 10.9. The van der Waals surface area contributed by atoms with Crippen LogP contribution in [-0.2, 0) is 4.79 Å². The highest BCUT2D eigenvalue weighted by Gasteiger charge is 2.14. The molecule has 2 aromatic rings. The molecule has 110 valence electrons. The van der Waals surface area contributed by atoms with E-state index >= 15 is 0 Å². The first-order valence-electron chi connectivity index (χ1n) is 5.86. The first-order valence-corrected chi connectivity index (χ1v) is 5.86. The van der Waals surface area contributed by atoms with E-state index in [1.54, 1.807) is 13.0 Å². The summed E-state index contributed by atoms with van der Waals surface area (Å²) in [6.07, 6.45) is 0. The van der Waals surface area contributed by atoms with Gasteiger partial charge in [0, 0.05) is 17.8 Å². The van der Waals surface area contributed by atoms with Gasteiger partial charge in [-0.1, -0.05) is 5.16 Å². The molecule has 0 unspecified atom stereocenters. The van der Waals surface area contributed by atoms with E-state index < -0.39 is 22.3 Å². The van der Waals surface area contributed by atoms with Crippen LogP contribution < -0.4 is 10.6 Å². The Balaban J connectivity index is 1.95. The van der Waals surface area contributed by atoms with Gasteiger partial charge < -0.3 is 15.2 Å². The number of hydrogen-bond donors (Lipinski definition) is 2. The van der Waals surface area contributed by atoms with Gasteiger partial charge in [0.15, 0.2) is 5.82 Å². The first kappa shape index (κ1) is 14.4. The summed E-state index contributed by atoms with van der Waals surface area (Å²) in [7, 11) is 0. The Morgan fingerprint density at radius 3 is 2.86 bits per heavy atom. The molecule has 9 heteroatoms. The summed E-state index contributed by atoms with van der Waals surface area (Å²) in [5.74, 6) is -0.542. The van der Waals surface area contributed by atoms with E-state index in [1.165, 1.54) is 6.07 Å². The summed E-state index contributed by atoms with van der Waals surface area (Å²) >= 11 is 0.